The van der Waals surface area contributed by atoms with Gasteiger partial charge in [-0.2, -0.15) is 0 Å². The Kier molecular flexibility index (Phi) is 7.98. The van der Waals surface area contributed by atoms with E-state index < -0.39 is 29.6 Å². The van der Waals surface area contributed by atoms with E-state index in [4.69, 9.17) is 14.2 Å². The van der Waals surface area contributed by atoms with E-state index in [1.165, 1.54) is 31.4 Å². The average molecular weight is 482 g/mol. The number of amides is 4. The summed E-state index contributed by atoms with van der Waals surface area (Å²) >= 11 is 0. The number of nitrogens with zero attached hydrogens (tertiary/aromatic N) is 1. The van der Waals surface area contributed by atoms with Crippen LogP contribution in [-0.2, 0) is 25.5 Å². The number of ether oxygens (including phenoxy) is 3. The third-order valence-corrected chi connectivity index (χ3v) is 4.88. The van der Waals surface area contributed by atoms with Gasteiger partial charge in [0.2, 0.25) is 0 Å². The van der Waals surface area contributed by atoms with Crippen molar-refractivity contribution >= 4 is 35.6 Å². The topological polar surface area (TPSA) is 111 Å². The Morgan fingerprint density at radius 1 is 1.17 bits per heavy atom. The molecule has 35 heavy (non-hydrogen) atoms. The van der Waals surface area contributed by atoms with Gasteiger partial charge in [-0.25, -0.2) is 18.9 Å². The molecule has 0 aliphatic carbocycles. The molecular weight excluding hydrogens is 459 g/mol. The molecule has 2 aromatic carbocycles. The molecule has 1 aliphatic rings. The molecule has 10 heteroatoms. The molecule has 1 N–H and O–H groups in total. The van der Waals surface area contributed by atoms with E-state index in [0.717, 1.165) is 17.0 Å². The normalized spacial score (nSPS) is 14.5. The molecule has 0 atom stereocenters. The maximum Gasteiger partial charge on any atom is 0.344 e. The fourth-order valence-electron chi connectivity index (χ4n) is 3.37. The van der Waals surface area contributed by atoms with Crippen molar-refractivity contribution in [1.82, 2.24) is 5.32 Å². The van der Waals surface area contributed by atoms with Gasteiger partial charge in [-0.05, 0) is 61.4 Å². The predicted molar refractivity (Wildman–Crippen MR) is 124 cm³/mol. The van der Waals surface area contributed by atoms with Gasteiger partial charge in [0.25, 0.3) is 11.8 Å². The van der Waals surface area contributed by atoms with Crippen LogP contribution in [0.2, 0.25) is 0 Å². The van der Waals surface area contributed by atoms with Crippen LogP contribution in [0.5, 0.6) is 11.5 Å². The number of carbonyl (C=O) groups excluding carboxylic acids is 4. The number of methoxy groups -OCH3 is 1. The zero-order valence-electron chi connectivity index (χ0n) is 19.1. The molecule has 4 amide bonds. The molecule has 1 aliphatic heterocycles. The van der Waals surface area contributed by atoms with Crippen LogP contribution in [-0.4, -0.2) is 44.1 Å². The largest absolute Gasteiger partial charge is 0.493 e. The quantitative estimate of drug-likeness (QED) is 0.253. The van der Waals surface area contributed by atoms with Gasteiger partial charge in [-0.15, -0.1) is 6.58 Å². The van der Waals surface area contributed by atoms with Crippen LogP contribution in [0.4, 0.5) is 14.9 Å². The van der Waals surface area contributed by atoms with Gasteiger partial charge in [-0.1, -0.05) is 6.08 Å². The molecule has 9 nitrogen and oxygen atoms in total. The Labute approximate surface area is 200 Å². The third-order valence-electron chi connectivity index (χ3n) is 4.88. The Hall–Kier alpha value is -4.47. The zero-order valence-corrected chi connectivity index (χ0v) is 19.1. The van der Waals surface area contributed by atoms with Gasteiger partial charge in [0, 0.05) is 5.56 Å². The van der Waals surface area contributed by atoms with Crippen LogP contribution in [0.25, 0.3) is 6.08 Å². The molecule has 1 heterocycles. The maximum atomic E-state index is 13.3. The number of halogens is 1. The number of imide groups is 2. The van der Waals surface area contributed by atoms with Crippen molar-refractivity contribution in [3.05, 3.63) is 71.6 Å². The van der Waals surface area contributed by atoms with Crippen molar-refractivity contribution in [3.8, 4) is 11.5 Å². The molecule has 0 unspecified atom stereocenters. The Balaban J connectivity index is 2.00. The lowest BCUT2D eigenvalue weighted by atomic mass is 10.0. The Bertz CT molecular complexity index is 1210. The molecule has 0 saturated carbocycles. The second-order valence-corrected chi connectivity index (χ2v) is 7.23. The average Bonchev–Trinajstić information content (AvgIpc) is 2.82. The highest BCUT2D eigenvalue weighted by Crippen LogP contribution is 2.35. The monoisotopic (exact) mass is 482 g/mol. The molecule has 0 spiro atoms. The molecule has 1 fully saturated rings. The fourth-order valence-corrected chi connectivity index (χ4v) is 3.37. The van der Waals surface area contributed by atoms with Gasteiger partial charge in [0.15, 0.2) is 18.1 Å². The van der Waals surface area contributed by atoms with Crippen LogP contribution >= 0.6 is 0 Å². The Morgan fingerprint density at radius 3 is 2.51 bits per heavy atom. The molecule has 3 rings (SSSR count). The lowest BCUT2D eigenvalue weighted by Gasteiger charge is -2.26. The van der Waals surface area contributed by atoms with Crippen LogP contribution in [0.1, 0.15) is 18.1 Å². The number of urea groups is 1. The first kappa shape index (κ1) is 25.2. The number of carbonyl (C=O) groups is 4. The minimum atomic E-state index is -0.948. The van der Waals surface area contributed by atoms with Crippen molar-refractivity contribution in [2.75, 3.05) is 25.2 Å². The van der Waals surface area contributed by atoms with Gasteiger partial charge in [-0.3, -0.25) is 14.9 Å². The second-order valence-electron chi connectivity index (χ2n) is 7.23. The van der Waals surface area contributed by atoms with Crippen molar-refractivity contribution in [2.45, 2.75) is 13.3 Å². The van der Waals surface area contributed by atoms with E-state index in [9.17, 15) is 23.6 Å². The van der Waals surface area contributed by atoms with E-state index in [0.29, 0.717) is 17.5 Å². The Morgan fingerprint density at radius 2 is 1.89 bits per heavy atom. The number of barbiturate groups is 1. The highest BCUT2D eigenvalue weighted by molar-refractivity contribution is 6.39. The summed E-state index contributed by atoms with van der Waals surface area (Å²) in [5.41, 5.74) is 0.750. The van der Waals surface area contributed by atoms with Gasteiger partial charge >= 0.3 is 12.0 Å². The summed E-state index contributed by atoms with van der Waals surface area (Å²) in [6.07, 6.45) is 3.23. The molecule has 0 bridgehead atoms. The van der Waals surface area contributed by atoms with Crippen LogP contribution in [0, 0.1) is 5.82 Å². The summed E-state index contributed by atoms with van der Waals surface area (Å²) in [6, 6.07) is 6.89. The number of benzene rings is 2. The highest BCUT2D eigenvalue weighted by Gasteiger charge is 2.37. The summed E-state index contributed by atoms with van der Waals surface area (Å²) in [4.78, 5) is 50.3. The fraction of sp³-hybridized carbons (Fsp3) is 0.200. The van der Waals surface area contributed by atoms with Crippen LogP contribution in [0.3, 0.4) is 0 Å². The first-order valence-corrected chi connectivity index (χ1v) is 10.6. The predicted octanol–water partition coefficient (Wildman–Crippen LogP) is 3.17. The summed E-state index contributed by atoms with van der Waals surface area (Å²) in [6.45, 7) is 5.25. The molecule has 1 saturated heterocycles. The smallest absolute Gasteiger partial charge is 0.344 e. The van der Waals surface area contributed by atoms with Crippen molar-refractivity contribution in [1.29, 1.82) is 0 Å². The van der Waals surface area contributed by atoms with Gasteiger partial charge < -0.3 is 14.2 Å². The standard InChI is InChI=1S/C25H23FN2O7/c1-4-6-16-11-15(13-20(33-3)22(16)35-14-21(29)34-5-2)12-19-23(30)27-25(32)28(24(19)31)18-9-7-17(26)8-10-18/h4,7-13H,1,5-6,14H2,2-3H3,(H,27,30,32)/b19-12+. The van der Waals surface area contributed by atoms with E-state index in [-0.39, 0.29) is 36.0 Å². The van der Waals surface area contributed by atoms with Gasteiger partial charge in [0.1, 0.15) is 11.4 Å². The van der Waals surface area contributed by atoms with Crippen LogP contribution in [0.15, 0.2) is 54.6 Å². The number of esters is 1. The van der Waals surface area contributed by atoms with Crippen molar-refractivity contribution in [2.24, 2.45) is 0 Å². The SMILES string of the molecule is C=CCc1cc(/C=C2\C(=O)NC(=O)N(c3ccc(F)cc3)C2=O)cc(OC)c1OCC(=O)OCC. The lowest BCUT2D eigenvalue weighted by molar-refractivity contribution is -0.145. The summed E-state index contributed by atoms with van der Waals surface area (Å²) in [7, 11) is 1.40. The minimum Gasteiger partial charge on any atom is -0.493 e. The lowest BCUT2D eigenvalue weighted by Crippen LogP contribution is -2.54. The van der Waals surface area contributed by atoms with E-state index >= 15 is 0 Å². The second kappa shape index (κ2) is 11.1. The van der Waals surface area contributed by atoms with E-state index in [2.05, 4.69) is 11.9 Å². The van der Waals surface area contributed by atoms with E-state index in [1.54, 1.807) is 19.1 Å². The summed E-state index contributed by atoms with van der Waals surface area (Å²) < 4.78 is 29.2. The third kappa shape index (κ3) is 5.72. The molecule has 0 radical (unpaired) electrons. The van der Waals surface area contributed by atoms with Crippen molar-refractivity contribution in [3.63, 3.8) is 0 Å². The van der Waals surface area contributed by atoms with E-state index in [1.807, 2.05) is 0 Å². The first-order valence-electron chi connectivity index (χ1n) is 10.6. The first-order chi connectivity index (χ1) is 16.8. The summed E-state index contributed by atoms with van der Waals surface area (Å²) in [5.74, 6) is -2.33. The number of allylic oxidation sites excluding steroid dienone is 1. The summed E-state index contributed by atoms with van der Waals surface area (Å²) in [5, 5.41) is 2.11. The highest BCUT2D eigenvalue weighted by atomic mass is 19.1. The maximum absolute atomic E-state index is 13.3. The van der Waals surface area contributed by atoms with Gasteiger partial charge in [0.05, 0.1) is 19.4 Å². The number of nitrogens with one attached hydrogen (secondary N) is 1. The number of hydrogen-bond donors (Lipinski definition) is 1. The zero-order chi connectivity index (χ0) is 25.5. The number of rotatable bonds is 9. The van der Waals surface area contributed by atoms with Crippen molar-refractivity contribution < 1.29 is 37.8 Å². The minimum absolute atomic E-state index is 0.0972. The number of hydrogen-bond acceptors (Lipinski definition) is 7. The molecular formula is C25H23FN2O7. The molecule has 0 aromatic heterocycles. The number of anilines is 1. The van der Waals surface area contributed by atoms with Crippen LogP contribution < -0.4 is 19.7 Å². The molecule has 2 aromatic rings. The molecule has 182 valence electrons.